The molecular weight excluding hydrogens is 408 g/mol. The van der Waals surface area contributed by atoms with Crippen molar-refractivity contribution in [2.45, 2.75) is 45.3 Å². The molecule has 0 radical (unpaired) electrons. The number of piperidine rings is 1. The summed E-state index contributed by atoms with van der Waals surface area (Å²) in [5, 5.41) is 3.21. The van der Waals surface area contributed by atoms with Gasteiger partial charge in [0.05, 0.1) is 0 Å². The molecule has 2 heterocycles. The van der Waals surface area contributed by atoms with Crippen molar-refractivity contribution < 1.29 is 4.79 Å². The summed E-state index contributed by atoms with van der Waals surface area (Å²) in [5.74, 6) is 0.0246. The standard InChI is InChI=1S/C28H34N4O/c1-21-9-10-22(2)26(19-21)30-28(33)27(24-7-5-4-6-8-24)31(3)25-13-17-32(18-14-25)20-23-11-15-29-16-12-23/h4-12,15-16,19,25,27H,13-14,17-18,20H2,1-3H3,(H,30,33)/t27-/m1/s1. The number of amides is 1. The highest BCUT2D eigenvalue weighted by atomic mass is 16.2. The first kappa shape index (κ1) is 23.1. The molecule has 0 spiro atoms. The lowest BCUT2D eigenvalue weighted by atomic mass is 9.97. The third-order valence-corrected chi connectivity index (χ3v) is 6.71. The molecule has 5 nitrogen and oxygen atoms in total. The van der Waals surface area contributed by atoms with Gasteiger partial charge in [-0.2, -0.15) is 0 Å². The maximum atomic E-state index is 13.6. The van der Waals surface area contributed by atoms with Crippen molar-refractivity contribution in [2.24, 2.45) is 0 Å². The number of rotatable bonds is 7. The molecule has 172 valence electrons. The molecule has 1 aliphatic rings. The number of carbonyl (C=O) groups is 1. The smallest absolute Gasteiger partial charge is 0.246 e. The van der Waals surface area contributed by atoms with E-state index in [1.807, 2.05) is 43.6 Å². The van der Waals surface area contributed by atoms with Gasteiger partial charge in [-0.3, -0.25) is 19.6 Å². The molecular formula is C28H34N4O. The van der Waals surface area contributed by atoms with Crippen LogP contribution in [-0.2, 0) is 11.3 Å². The van der Waals surface area contributed by atoms with Gasteiger partial charge in [0.2, 0.25) is 5.91 Å². The first-order chi connectivity index (χ1) is 16.0. The lowest BCUT2D eigenvalue weighted by Gasteiger charge is -2.40. The number of carbonyl (C=O) groups excluding carboxylic acids is 1. The second kappa shape index (κ2) is 10.7. The van der Waals surface area contributed by atoms with Crippen molar-refractivity contribution >= 4 is 11.6 Å². The predicted octanol–water partition coefficient (Wildman–Crippen LogP) is 4.97. The van der Waals surface area contributed by atoms with E-state index >= 15 is 0 Å². The van der Waals surface area contributed by atoms with Crippen LogP contribution in [0.4, 0.5) is 5.69 Å². The van der Waals surface area contributed by atoms with E-state index in [1.54, 1.807) is 0 Å². The summed E-state index contributed by atoms with van der Waals surface area (Å²) in [4.78, 5) is 22.5. The van der Waals surface area contributed by atoms with Gasteiger partial charge in [0.15, 0.2) is 0 Å². The number of nitrogens with one attached hydrogen (secondary N) is 1. The number of likely N-dealkylation sites (tertiary alicyclic amines) is 1. The fourth-order valence-electron chi connectivity index (χ4n) is 4.72. The molecule has 2 aromatic carbocycles. The SMILES string of the molecule is Cc1ccc(C)c(NC(=O)[C@@H](c2ccccc2)N(C)C2CCN(Cc3ccncc3)CC2)c1. The van der Waals surface area contributed by atoms with E-state index in [-0.39, 0.29) is 11.9 Å². The Morgan fingerprint density at radius 3 is 2.45 bits per heavy atom. The predicted molar refractivity (Wildman–Crippen MR) is 134 cm³/mol. The van der Waals surface area contributed by atoms with Crippen molar-refractivity contribution in [3.05, 3.63) is 95.3 Å². The van der Waals surface area contributed by atoms with Crippen LogP contribution in [0.15, 0.2) is 73.1 Å². The first-order valence-electron chi connectivity index (χ1n) is 11.8. The maximum absolute atomic E-state index is 13.6. The molecule has 1 atom stereocenters. The van der Waals surface area contributed by atoms with Crippen LogP contribution >= 0.6 is 0 Å². The van der Waals surface area contributed by atoms with Crippen molar-refractivity contribution in [1.82, 2.24) is 14.8 Å². The summed E-state index contributed by atoms with van der Waals surface area (Å²) in [7, 11) is 2.10. The second-order valence-electron chi connectivity index (χ2n) is 9.15. The van der Waals surface area contributed by atoms with Crippen molar-refractivity contribution in [2.75, 3.05) is 25.5 Å². The van der Waals surface area contributed by atoms with E-state index in [0.29, 0.717) is 6.04 Å². The van der Waals surface area contributed by atoms with Gasteiger partial charge in [0.25, 0.3) is 0 Å². The summed E-state index contributed by atoms with van der Waals surface area (Å²) in [6, 6.07) is 20.5. The van der Waals surface area contributed by atoms with Crippen LogP contribution in [0.2, 0.25) is 0 Å². The van der Waals surface area contributed by atoms with E-state index < -0.39 is 0 Å². The topological polar surface area (TPSA) is 48.5 Å². The Morgan fingerprint density at radius 1 is 1.06 bits per heavy atom. The van der Waals surface area contributed by atoms with Crippen LogP contribution in [0.1, 0.15) is 41.1 Å². The van der Waals surface area contributed by atoms with Gasteiger partial charge in [-0.05, 0) is 87.3 Å². The number of aryl methyl sites for hydroxylation is 2. The van der Waals surface area contributed by atoms with Crippen molar-refractivity contribution in [3.63, 3.8) is 0 Å². The third kappa shape index (κ3) is 5.86. The average Bonchev–Trinajstić information content (AvgIpc) is 2.83. The summed E-state index contributed by atoms with van der Waals surface area (Å²) < 4.78 is 0. The number of hydrogen-bond acceptors (Lipinski definition) is 4. The summed E-state index contributed by atoms with van der Waals surface area (Å²) in [5.41, 5.74) is 5.44. The minimum absolute atomic E-state index is 0.0246. The number of aromatic nitrogens is 1. The molecule has 4 rings (SSSR count). The van der Waals surface area contributed by atoms with Crippen LogP contribution in [0.3, 0.4) is 0 Å². The summed E-state index contributed by atoms with van der Waals surface area (Å²) in [6.45, 7) is 7.09. The Balaban J connectivity index is 1.47. The Hall–Kier alpha value is -3.02. The van der Waals surface area contributed by atoms with E-state index in [1.165, 1.54) is 5.56 Å². The molecule has 1 aliphatic heterocycles. The molecule has 0 aliphatic carbocycles. The Kier molecular flexibility index (Phi) is 7.53. The molecule has 3 aromatic rings. The highest BCUT2D eigenvalue weighted by Gasteiger charge is 2.32. The van der Waals surface area contributed by atoms with Gasteiger partial charge in [0, 0.05) is 30.7 Å². The van der Waals surface area contributed by atoms with Crippen LogP contribution in [0.25, 0.3) is 0 Å². The van der Waals surface area contributed by atoms with Crippen molar-refractivity contribution in [1.29, 1.82) is 0 Å². The summed E-state index contributed by atoms with van der Waals surface area (Å²) in [6.07, 6.45) is 5.80. The Labute approximate surface area is 197 Å². The lowest BCUT2D eigenvalue weighted by Crippen LogP contribution is -2.47. The molecule has 1 amide bonds. The van der Waals surface area contributed by atoms with Gasteiger partial charge in [-0.15, -0.1) is 0 Å². The maximum Gasteiger partial charge on any atom is 0.246 e. The van der Waals surface area contributed by atoms with Crippen LogP contribution in [0.5, 0.6) is 0 Å². The Morgan fingerprint density at radius 2 is 1.76 bits per heavy atom. The zero-order valence-corrected chi connectivity index (χ0v) is 19.9. The second-order valence-corrected chi connectivity index (χ2v) is 9.15. The monoisotopic (exact) mass is 442 g/mol. The van der Waals surface area contributed by atoms with E-state index in [4.69, 9.17) is 0 Å². The average molecular weight is 443 g/mol. The number of benzene rings is 2. The van der Waals surface area contributed by atoms with Gasteiger partial charge < -0.3 is 5.32 Å². The number of likely N-dealkylation sites (N-methyl/N-ethyl adjacent to an activating group) is 1. The fraction of sp³-hybridized carbons (Fsp3) is 0.357. The number of nitrogens with zero attached hydrogens (tertiary/aromatic N) is 3. The van der Waals surface area contributed by atoms with Crippen molar-refractivity contribution in [3.8, 4) is 0 Å². The molecule has 1 fully saturated rings. The van der Waals surface area contributed by atoms with Gasteiger partial charge >= 0.3 is 0 Å². The van der Waals surface area contributed by atoms with Gasteiger partial charge in [-0.25, -0.2) is 0 Å². The fourth-order valence-corrected chi connectivity index (χ4v) is 4.72. The first-order valence-corrected chi connectivity index (χ1v) is 11.8. The minimum atomic E-state index is -0.331. The Bertz CT molecular complexity index is 1050. The molecule has 1 N–H and O–H groups in total. The normalized spacial score (nSPS) is 16.0. The molecule has 0 saturated carbocycles. The van der Waals surface area contributed by atoms with Gasteiger partial charge in [0.1, 0.15) is 6.04 Å². The minimum Gasteiger partial charge on any atom is -0.324 e. The quantitative estimate of drug-likeness (QED) is 0.561. The van der Waals surface area contributed by atoms with Crippen LogP contribution in [-0.4, -0.2) is 46.9 Å². The molecule has 1 saturated heterocycles. The molecule has 0 bridgehead atoms. The van der Waals surface area contributed by atoms with E-state index in [9.17, 15) is 4.79 Å². The molecule has 1 aromatic heterocycles. The van der Waals surface area contributed by atoms with E-state index in [2.05, 4.69) is 70.5 Å². The highest BCUT2D eigenvalue weighted by Crippen LogP contribution is 2.29. The number of anilines is 1. The summed E-state index contributed by atoms with van der Waals surface area (Å²) >= 11 is 0. The third-order valence-electron chi connectivity index (χ3n) is 6.71. The largest absolute Gasteiger partial charge is 0.324 e. The zero-order chi connectivity index (χ0) is 23.2. The molecule has 0 unspecified atom stereocenters. The number of pyridine rings is 1. The molecule has 33 heavy (non-hydrogen) atoms. The highest BCUT2D eigenvalue weighted by molar-refractivity contribution is 5.96. The van der Waals surface area contributed by atoms with Crippen LogP contribution < -0.4 is 5.32 Å². The van der Waals surface area contributed by atoms with E-state index in [0.717, 1.165) is 54.9 Å². The zero-order valence-electron chi connectivity index (χ0n) is 19.9. The molecule has 5 heteroatoms. The van der Waals surface area contributed by atoms with Crippen LogP contribution in [0, 0.1) is 13.8 Å². The van der Waals surface area contributed by atoms with Gasteiger partial charge in [-0.1, -0.05) is 42.5 Å². The number of hydrogen-bond donors (Lipinski definition) is 1. The lowest BCUT2D eigenvalue weighted by molar-refractivity contribution is -0.122.